The molecule has 0 aliphatic heterocycles. The number of aromatic nitrogens is 2. The van der Waals surface area contributed by atoms with Crippen molar-refractivity contribution in [2.24, 2.45) is 0 Å². The van der Waals surface area contributed by atoms with E-state index in [1.54, 1.807) is 37.3 Å². The molecule has 0 bridgehead atoms. The average Bonchev–Trinajstić information content (AvgIpc) is 3.15. The highest BCUT2D eigenvalue weighted by molar-refractivity contribution is 14.1. The number of carbonyl (C=O) groups excluding carboxylic acids is 1. The van der Waals surface area contributed by atoms with Gasteiger partial charge in [-0.15, -0.1) is 0 Å². The SMILES string of the molecule is COc1ccc(-c2[nH]c(=O)n([C@H](C(=O)Nc3ccc(I)cc3F)[C@@H](C)c3ccccc3)c2O)cc1. The molecule has 9 heteroatoms. The Morgan fingerprint density at radius 3 is 2.43 bits per heavy atom. The van der Waals surface area contributed by atoms with E-state index < -0.39 is 35.3 Å². The molecule has 3 N–H and O–H groups in total. The standard InChI is InChI=1S/C26H23FIN3O4/c1-15(16-6-4-3-5-7-16)23(24(32)29-21-13-10-18(28)14-20(21)27)31-25(33)22(30-26(31)34)17-8-11-19(35-2)12-9-17/h3-15,23,33H,1-2H3,(H,29,32)(H,30,34)/t15-,23-/m0/s1. The Hall–Kier alpha value is -3.60. The summed E-state index contributed by atoms with van der Waals surface area (Å²) in [7, 11) is 1.54. The van der Waals surface area contributed by atoms with E-state index in [9.17, 15) is 19.1 Å². The molecule has 0 saturated heterocycles. The number of ether oxygens (including phenoxy) is 1. The lowest BCUT2D eigenvalue weighted by Gasteiger charge is -2.25. The number of benzene rings is 3. The van der Waals surface area contributed by atoms with Crippen LogP contribution in [0.4, 0.5) is 10.1 Å². The van der Waals surface area contributed by atoms with E-state index in [0.29, 0.717) is 14.9 Å². The van der Waals surface area contributed by atoms with Gasteiger partial charge in [0.15, 0.2) is 0 Å². The Labute approximate surface area is 214 Å². The van der Waals surface area contributed by atoms with Gasteiger partial charge >= 0.3 is 5.69 Å². The molecule has 0 unspecified atom stereocenters. The van der Waals surface area contributed by atoms with Crippen LogP contribution >= 0.6 is 22.6 Å². The van der Waals surface area contributed by atoms with Crippen LogP contribution in [0.2, 0.25) is 0 Å². The first-order chi connectivity index (χ1) is 16.8. The van der Waals surface area contributed by atoms with Gasteiger partial charge in [-0.3, -0.25) is 4.79 Å². The highest BCUT2D eigenvalue weighted by Crippen LogP contribution is 2.35. The number of nitrogens with zero attached hydrogens (tertiary/aromatic N) is 1. The Kier molecular flexibility index (Phi) is 7.25. The molecule has 0 radical (unpaired) electrons. The zero-order valence-electron chi connectivity index (χ0n) is 19.0. The molecule has 1 heterocycles. The molecule has 3 aromatic carbocycles. The van der Waals surface area contributed by atoms with Crippen LogP contribution in [0, 0.1) is 9.39 Å². The summed E-state index contributed by atoms with van der Waals surface area (Å²) in [6.07, 6.45) is 0. The first-order valence-corrected chi connectivity index (χ1v) is 11.9. The highest BCUT2D eigenvalue weighted by atomic mass is 127. The van der Waals surface area contributed by atoms with E-state index in [1.165, 1.54) is 19.2 Å². The molecule has 0 aliphatic rings. The third-order valence-corrected chi connectivity index (χ3v) is 6.49. The predicted octanol–water partition coefficient (Wildman–Crippen LogP) is 5.28. The summed E-state index contributed by atoms with van der Waals surface area (Å²) >= 11 is 1.97. The summed E-state index contributed by atoms with van der Waals surface area (Å²) in [6, 6.07) is 19.2. The van der Waals surface area contributed by atoms with Crippen molar-refractivity contribution in [3.05, 3.63) is 98.2 Å². The number of methoxy groups -OCH3 is 1. The fraction of sp³-hybridized carbons (Fsp3) is 0.154. The van der Waals surface area contributed by atoms with Crippen molar-refractivity contribution in [2.45, 2.75) is 18.9 Å². The maximum Gasteiger partial charge on any atom is 0.329 e. The molecule has 0 saturated carbocycles. The van der Waals surface area contributed by atoms with Crippen LogP contribution in [0.1, 0.15) is 24.4 Å². The monoisotopic (exact) mass is 587 g/mol. The zero-order valence-corrected chi connectivity index (χ0v) is 21.1. The molecule has 2 atom stereocenters. The fourth-order valence-corrected chi connectivity index (χ4v) is 4.41. The number of rotatable bonds is 7. The number of carbonyl (C=O) groups is 1. The van der Waals surface area contributed by atoms with Crippen molar-refractivity contribution >= 4 is 34.2 Å². The predicted molar refractivity (Wildman–Crippen MR) is 140 cm³/mol. The van der Waals surface area contributed by atoms with Crippen LogP contribution in [0.15, 0.2) is 77.6 Å². The number of amides is 1. The second kappa shape index (κ2) is 10.3. The van der Waals surface area contributed by atoms with Gasteiger partial charge in [-0.1, -0.05) is 37.3 Å². The van der Waals surface area contributed by atoms with E-state index in [-0.39, 0.29) is 11.4 Å². The van der Waals surface area contributed by atoms with E-state index in [1.807, 2.05) is 52.9 Å². The molecule has 1 amide bonds. The van der Waals surface area contributed by atoms with Gasteiger partial charge in [0, 0.05) is 15.1 Å². The van der Waals surface area contributed by atoms with Crippen LogP contribution < -0.4 is 15.7 Å². The first-order valence-electron chi connectivity index (χ1n) is 10.8. The van der Waals surface area contributed by atoms with Crippen LogP contribution in [0.5, 0.6) is 11.6 Å². The van der Waals surface area contributed by atoms with Crippen molar-refractivity contribution in [3.63, 3.8) is 0 Å². The van der Waals surface area contributed by atoms with Crippen molar-refractivity contribution in [1.82, 2.24) is 9.55 Å². The van der Waals surface area contributed by atoms with Crippen molar-refractivity contribution in [1.29, 1.82) is 0 Å². The number of hydrogen-bond donors (Lipinski definition) is 3. The van der Waals surface area contributed by atoms with Gasteiger partial charge < -0.3 is 20.1 Å². The fourth-order valence-electron chi connectivity index (χ4n) is 3.96. The lowest BCUT2D eigenvalue weighted by atomic mass is 9.92. The third kappa shape index (κ3) is 5.09. The van der Waals surface area contributed by atoms with Crippen LogP contribution in [0.25, 0.3) is 11.3 Å². The smallest absolute Gasteiger partial charge is 0.329 e. The van der Waals surface area contributed by atoms with Gasteiger partial charge in [-0.2, -0.15) is 0 Å². The lowest BCUT2D eigenvalue weighted by molar-refractivity contribution is -0.120. The maximum atomic E-state index is 14.5. The number of anilines is 1. The van der Waals surface area contributed by atoms with Gasteiger partial charge in [-0.25, -0.2) is 13.8 Å². The van der Waals surface area contributed by atoms with Gasteiger partial charge in [0.1, 0.15) is 23.3 Å². The number of aromatic amines is 1. The van der Waals surface area contributed by atoms with Crippen LogP contribution in [0.3, 0.4) is 0 Å². The molecular weight excluding hydrogens is 564 g/mol. The molecule has 0 spiro atoms. The summed E-state index contributed by atoms with van der Waals surface area (Å²) in [4.78, 5) is 29.2. The van der Waals surface area contributed by atoms with Crippen LogP contribution in [-0.4, -0.2) is 27.7 Å². The van der Waals surface area contributed by atoms with E-state index >= 15 is 0 Å². The Balaban J connectivity index is 1.79. The Morgan fingerprint density at radius 2 is 1.80 bits per heavy atom. The minimum atomic E-state index is -1.17. The van der Waals surface area contributed by atoms with Crippen molar-refractivity contribution in [2.75, 3.05) is 12.4 Å². The normalized spacial score (nSPS) is 12.7. The molecule has 0 aliphatic carbocycles. The van der Waals surface area contributed by atoms with Gasteiger partial charge in [0.25, 0.3) is 0 Å². The molecule has 1 aromatic heterocycles. The molecular formula is C26H23FIN3O4. The van der Waals surface area contributed by atoms with Gasteiger partial charge in [0.05, 0.1) is 12.8 Å². The quantitative estimate of drug-likeness (QED) is 0.257. The molecule has 4 aromatic rings. The highest BCUT2D eigenvalue weighted by Gasteiger charge is 2.33. The number of imidazole rings is 1. The second-order valence-electron chi connectivity index (χ2n) is 7.98. The molecule has 4 rings (SSSR count). The summed E-state index contributed by atoms with van der Waals surface area (Å²) in [5.41, 5.74) is 0.790. The second-order valence-corrected chi connectivity index (χ2v) is 9.23. The van der Waals surface area contributed by atoms with Crippen molar-refractivity contribution in [3.8, 4) is 22.9 Å². The molecule has 0 fully saturated rings. The summed E-state index contributed by atoms with van der Waals surface area (Å²) in [5, 5.41) is 13.7. The van der Waals surface area contributed by atoms with Gasteiger partial charge in [0.2, 0.25) is 11.8 Å². The summed E-state index contributed by atoms with van der Waals surface area (Å²) < 4.78 is 21.3. The minimum Gasteiger partial charge on any atom is -0.497 e. The number of aromatic hydroxyl groups is 1. The Bertz CT molecular complexity index is 1400. The summed E-state index contributed by atoms with van der Waals surface area (Å²) in [5.74, 6) is -1.55. The van der Waals surface area contributed by atoms with Crippen molar-refractivity contribution < 1.29 is 19.0 Å². The lowest BCUT2D eigenvalue weighted by Crippen LogP contribution is -2.35. The third-order valence-electron chi connectivity index (χ3n) is 5.82. The Morgan fingerprint density at radius 1 is 1.11 bits per heavy atom. The maximum absolute atomic E-state index is 14.5. The molecule has 180 valence electrons. The summed E-state index contributed by atoms with van der Waals surface area (Å²) in [6.45, 7) is 1.77. The number of hydrogen-bond acceptors (Lipinski definition) is 4. The van der Waals surface area contributed by atoms with E-state index in [4.69, 9.17) is 4.74 Å². The first kappa shape index (κ1) is 24.5. The topological polar surface area (TPSA) is 96.4 Å². The number of H-pyrrole nitrogens is 1. The average molecular weight is 587 g/mol. The largest absolute Gasteiger partial charge is 0.497 e. The van der Waals surface area contributed by atoms with E-state index in [2.05, 4.69) is 10.3 Å². The number of nitrogens with one attached hydrogen (secondary N) is 2. The molecule has 7 nitrogen and oxygen atoms in total. The van der Waals surface area contributed by atoms with Crippen LogP contribution in [-0.2, 0) is 4.79 Å². The minimum absolute atomic E-state index is 0.0147. The van der Waals surface area contributed by atoms with Gasteiger partial charge in [-0.05, 0) is 70.6 Å². The zero-order chi connectivity index (χ0) is 25.1. The van der Waals surface area contributed by atoms with E-state index in [0.717, 1.165) is 10.1 Å². The molecule has 35 heavy (non-hydrogen) atoms. The number of halogens is 2.